The summed E-state index contributed by atoms with van der Waals surface area (Å²) < 4.78 is 11.3. The molecule has 0 saturated heterocycles. The van der Waals surface area contributed by atoms with Crippen LogP contribution in [0.3, 0.4) is 0 Å². The second-order valence-electron chi connectivity index (χ2n) is 9.46. The lowest BCUT2D eigenvalue weighted by Gasteiger charge is -2.24. The average Bonchev–Trinajstić information content (AvgIpc) is 2.77. The molecule has 2 rings (SSSR count). The van der Waals surface area contributed by atoms with Crippen LogP contribution >= 0.6 is 28.1 Å². The fraction of sp³-hybridized carbons (Fsp3) is 0.462. The number of rotatable bonds is 9. The number of hydrogen-bond donors (Lipinski definition) is 3. The molecule has 0 radical (unpaired) electrons. The Morgan fingerprint density at radius 2 is 1.85 bits per heavy atom. The van der Waals surface area contributed by atoms with E-state index >= 15 is 0 Å². The predicted molar refractivity (Wildman–Crippen MR) is 143 cm³/mol. The van der Waals surface area contributed by atoms with Crippen molar-refractivity contribution in [2.45, 2.75) is 60.0 Å². The summed E-state index contributed by atoms with van der Waals surface area (Å²) >= 11 is 8.85. The number of hydrogen-bond acceptors (Lipinski definition) is 5. The van der Waals surface area contributed by atoms with Gasteiger partial charge >= 0.3 is 5.97 Å². The Kier molecular flexibility index (Phi) is 10.2. The topological polar surface area (TPSA) is 79.8 Å². The van der Waals surface area contributed by atoms with Crippen LogP contribution in [-0.2, 0) is 22.5 Å². The van der Waals surface area contributed by atoms with Gasteiger partial charge in [0.1, 0.15) is 6.61 Å². The smallest absolute Gasteiger partial charge is 0.311 e. The van der Waals surface area contributed by atoms with Gasteiger partial charge in [0.15, 0.2) is 16.6 Å². The third kappa shape index (κ3) is 8.47. The van der Waals surface area contributed by atoms with Crippen molar-refractivity contribution < 1.29 is 19.4 Å². The highest BCUT2D eigenvalue weighted by Crippen LogP contribution is 2.35. The molecule has 0 bridgehead atoms. The van der Waals surface area contributed by atoms with Crippen molar-refractivity contribution in [3.8, 4) is 11.5 Å². The van der Waals surface area contributed by atoms with E-state index in [1.54, 1.807) is 12.1 Å². The summed E-state index contributed by atoms with van der Waals surface area (Å²) in [7, 11) is 1.50. The summed E-state index contributed by atoms with van der Waals surface area (Å²) in [5.41, 5.74) is 4.07. The molecule has 2 aromatic carbocycles. The van der Waals surface area contributed by atoms with Crippen molar-refractivity contribution in [1.82, 2.24) is 10.6 Å². The Balaban J connectivity index is 2.02. The van der Waals surface area contributed by atoms with Crippen LogP contribution < -0.4 is 15.4 Å². The summed E-state index contributed by atoms with van der Waals surface area (Å²) in [5, 5.41) is 16.9. The third-order valence-corrected chi connectivity index (χ3v) is 6.34. The molecule has 1 atom stereocenters. The van der Waals surface area contributed by atoms with Gasteiger partial charge in [-0.1, -0.05) is 18.2 Å². The number of aromatic hydroxyl groups is 1. The van der Waals surface area contributed by atoms with Crippen molar-refractivity contribution in [2.24, 2.45) is 5.41 Å². The molecule has 34 heavy (non-hydrogen) atoms. The molecule has 186 valence electrons. The first-order valence-corrected chi connectivity index (χ1v) is 12.4. The molecule has 0 aliphatic rings. The SMILES string of the molecule is COc1cc(CNC(=S)NC(CCc2ccc(C)c(C)c2)COC(=O)C(C)(C)C)cc(Br)c1O. The molecule has 0 heterocycles. The molecule has 6 nitrogen and oxygen atoms in total. The summed E-state index contributed by atoms with van der Waals surface area (Å²) in [5.74, 6) is 0.190. The second kappa shape index (κ2) is 12.4. The Morgan fingerprint density at radius 3 is 2.47 bits per heavy atom. The van der Waals surface area contributed by atoms with Crippen molar-refractivity contribution in [2.75, 3.05) is 13.7 Å². The zero-order chi connectivity index (χ0) is 25.5. The second-order valence-corrected chi connectivity index (χ2v) is 10.7. The van der Waals surface area contributed by atoms with E-state index < -0.39 is 5.41 Å². The standard InChI is InChI=1S/C26H35BrN2O4S/c1-16-7-8-18(11-17(16)2)9-10-20(15-33-24(31)26(3,4)5)29-25(34)28-14-19-12-21(27)23(30)22(13-19)32-6/h7-8,11-13,20,30H,9-10,14-15H2,1-6H3,(H2,28,29,34). The number of phenolic OH excluding ortho intramolecular Hbond substituents is 1. The average molecular weight is 552 g/mol. The Labute approximate surface area is 216 Å². The first kappa shape index (κ1) is 27.9. The number of phenols is 1. The molecule has 3 N–H and O–H groups in total. The molecule has 0 aromatic heterocycles. The number of aryl methyl sites for hydroxylation is 3. The molecular formula is C26H35BrN2O4S. The van der Waals surface area contributed by atoms with Crippen molar-refractivity contribution >= 4 is 39.2 Å². The van der Waals surface area contributed by atoms with E-state index in [9.17, 15) is 9.90 Å². The Bertz CT molecular complexity index is 1020. The lowest BCUT2D eigenvalue weighted by Crippen LogP contribution is -2.45. The number of benzene rings is 2. The molecule has 0 saturated carbocycles. The predicted octanol–water partition coefficient (Wildman–Crippen LogP) is 5.33. The molecule has 0 aliphatic carbocycles. The maximum Gasteiger partial charge on any atom is 0.311 e. The number of carbonyl (C=O) groups excluding carboxylic acids is 1. The van der Waals surface area contributed by atoms with Gasteiger partial charge in [-0.2, -0.15) is 0 Å². The lowest BCUT2D eigenvalue weighted by atomic mass is 9.97. The number of thiocarbonyl (C=S) groups is 1. The summed E-state index contributed by atoms with van der Waals surface area (Å²) in [6.45, 7) is 10.4. The molecule has 0 fully saturated rings. The number of nitrogens with one attached hydrogen (secondary N) is 2. The highest BCUT2D eigenvalue weighted by atomic mass is 79.9. The van der Waals surface area contributed by atoms with Gasteiger partial charge in [0.05, 0.1) is 23.0 Å². The van der Waals surface area contributed by atoms with Gasteiger partial charge in [0.25, 0.3) is 0 Å². The highest BCUT2D eigenvalue weighted by molar-refractivity contribution is 9.10. The van der Waals surface area contributed by atoms with Crippen molar-refractivity contribution in [3.05, 3.63) is 57.1 Å². The van der Waals surface area contributed by atoms with Gasteiger partial charge in [-0.15, -0.1) is 0 Å². The van der Waals surface area contributed by atoms with E-state index in [2.05, 4.69) is 58.6 Å². The van der Waals surface area contributed by atoms with E-state index in [0.717, 1.165) is 18.4 Å². The van der Waals surface area contributed by atoms with Gasteiger partial charge in [-0.25, -0.2) is 0 Å². The first-order valence-electron chi connectivity index (χ1n) is 11.2. The first-order chi connectivity index (χ1) is 15.9. The summed E-state index contributed by atoms with van der Waals surface area (Å²) in [4.78, 5) is 12.3. The largest absolute Gasteiger partial charge is 0.503 e. The van der Waals surface area contributed by atoms with E-state index in [0.29, 0.717) is 21.9 Å². The van der Waals surface area contributed by atoms with E-state index in [4.69, 9.17) is 21.7 Å². The highest BCUT2D eigenvalue weighted by Gasteiger charge is 2.24. The van der Waals surface area contributed by atoms with Crippen LogP contribution in [-0.4, -0.2) is 35.9 Å². The van der Waals surface area contributed by atoms with Crippen LogP contribution in [0.2, 0.25) is 0 Å². The number of carbonyl (C=O) groups is 1. The third-order valence-electron chi connectivity index (χ3n) is 5.48. The molecule has 8 heteroatoms. The zero-order valence-corrected chi connectivity index (χ0v) is 23.2. The van der Waals surface area contributed by atoms with E-state index in [1.807, 2.05) is 20.8 Å². The quantitative estimate of drug-likeness (QED) is 0.287. The van der Waals surface area contributed by atoms with Crippen LogP contribution in [0.5, 0.6) is 11.5 Å². The summed E-state index contributed by atoms with van der Waals surface area (Å²) in [6, 6.07) is 9.86. The molecule has 0 aliphatic heterocycles. The fourth-order valence-corrected chi connectivity index (χ4v) is 3.92. The molecular weight excluding hydrogens is 516 g/mol. The minimum absolute atomic E-state index is 0.0547. The molecule has 2 aromatic rings. The van der Waals surface area contributed by atoms with Crippen LogP contribution in [0.1, 0.15) is 49.4 Å². The number of ether oxygens (including phenoxy) is 2. The van der Waals surface area contributed by atoms with Crippen molar-refractivity contribution in [1.29, 1.82) is 0 Å². The number of halogens is 1. The van der Waals surface area contributed by atoms with Gasteiger partial charge in [-0.05, 0) is 110 Å². The lowest BCUT2D eigenvalue weighted by molar-refractivity contribution is -0.153. The van der Waals surface area contributed by atoms with E-state index in [1.165, 1.54) is 23.8 Å². The van der Waals surface area contributed by atoms with Gasteiger partial charge < -0.3 is 25.2 Å². The maximum atomic E-state index is 12.3. The van der Waals surface area contributed by atoms with Crippen LogP contribution in [0.15, 0.2) is 34.8 Å². The van der Waals surface area contributed by atoms with Crippen LogP contribution in [0, 0.1) is 19.3 Å². The minimum Gasteiger partial charge on any atom is -0.503 e. The normalized spacial score (nSPS) is 12.1. The maximum absolute atomic E-state index is 12.3. The van der Waals surface area contributed by atoms with Crippen molar-refractivity contribution in [3.63, 3.8) is 0 Å². The molecule has 1 unspecified atom stereocenters. The van der Waals surface area contributed by atoms with Crippen LogP contribution in [0.25, 0.3) is 0 Å². The zero-order valence-electron chi connectivity index (χ0n) is 20.8. The van der Waals surface area contributed by atoms with Gasteiger partial charge in [0.2, 0.25) is 0 Å². The van der Waals surface area contributed by atoms with Crippen LogP contribution in [0.4, 0.5) is 0 Å². The fourth-order valence-electron chi connectivity index (χ4n) is 3.19. The minimum atomic E-state index is -0.567. The molecule has 0 amide bonds. The van der Waals surface area contributed by atoms with E-state index in [-0.39, 0.29) is 24.4 Å². The number of methoxy groups -OCH3 is 1. The van der Waals surface area contributed by atoms with Gasteiger partial charge in [-0.3, -0.25) is 4.79 Å². The Morgan fingerprint density at radius 1 is 1.15 bits per heavy atom. The summed E-state index contributed by atoms with van der Waals surface area (Å²) in [6.07, 6.45) is 1.58. The molecule has 0 spiro atoms. The number of esters is 1. The Hall–Kier alpha value is -2.32. The van der Waals surface area contributed by atoms with Gasteiger partial charge in [0, 0.05) is 6.54 Å². The monoisotopic (exact) mass is 550 g/mol.